The fraction of sp³-hybridized carbons (Fsp3) is 1.00. The Balaban J connectivity index is 2.08. The molecule has 0 amide bonds. The zero-order valence-corrected chi connectivity index (χ0v) is 12.2. The Bertz CT molecular complexity index is 366. The van der Waals surface area contributed by atoms with Crippen LogP contribution in [-0.4, -0.2) is 55.8 Å². The molecule has 0 bridgehead atoms. The molecule has 2 fully saturated rings. The van der Waals surface area contributed by atoms with Crippen LogP contribution in [0.15, 0.2) is 0 Å². The van der Waals surface area contributed by atoms with Gasteiger partial charge in [-0.3, -0.25) is 0 Å². The van der Waals surface area contributed by atoms with Crippen LogP contribution >= 0.6 is 0 Å². The van der Waals surface area contributed by atoms with Gasteiger partial charge < -0.3 is 5.32 Å². The molecule has 0 aromatic heterocycles. The second-order valence-corrected chi connectivity index (χ2v) is 7.42. The lowest BCUT2D eigenvalue weighted by Gasteiger charge is -2.39. The normalized spacial score (nSPS) is 28.7. The number of hydrogen-bond acceptors (Lipinski definition) is 3. The molecule has 1 heterocycles. The summed E-state index contributed by atoms with van der Waals surface area (Å²) in [5, 5.41) is 3.23. The first-order valence-corrected chi connectivity index (χ1v) is 8.38. The van der Waals surface area contributed by atoms with Gasteiger partial charge in [0.25, 0.3) is 10.2 Å². The molecule has 0 aromatic rings. The Morgan fingerprint density at radius 2 is 1.89 bits per heavy atom. The van der Waals surface area contributed by atoms with Crippen molar-refractivity contribution in [3.8, 4) is 0 Å². The first-order chi connectivity index (χ1) is 8.53. The third-order valence-corrected chi connectivity index (χ3v) is 6.35. The predicted molar refractivity (Wildman–Crippen MR) is 72.6 cm³/mol. The molecule has 1 unspecified atom stereocenters. The number of rotatable bonds is 3. The smallest absolute Gasteiger partial charge is 0.282 e. The van der Waals surface area contributed by atoms with Crippen LogP contribution in [-0.2, 0) is 10.2 Å². The maximum atomic E-state index is 12.6. The van der Waals surface area contributed by atoms with Gasteiger partial charge in [-0.05, 0) is 19.8 Å². The Morgan fingerprint density at radius 1 is 1.22 bits per heavy atom. The van der Waals surface area contributed by atoms with Gasteiger partial charge in [-0.15, -0.1) is 0 Å². The fourth-order valence-corrected chi connectivity index (χ4v) is 4.73. The highest BCUT2D eigenvalue weighted by Gasteiger charge is 2.36. The molecule has 0 radical (unpaired) electrons. The minimum Gasteiger partial charge on any atom is -0.314 e. The largest absolute Gasteiger partial charge is 0.314 e. The summed E-state index contributed by atoms with van der Waals surface area (Å²) in [5.41, 5.74) is 0. The molecule has 1 saturated carbocycles. The molecule has 2 rings (SSSR count). The summed E-state index contributed by atoms with van der Waals surface area (Å²) in [6, 6.07) is 0.251. The summed E-state index contributed by atoms with van der Waals surface area (Å²) in [5.74, 6) is 0. The topological polar surface area (TPSA) is 52.7 Å². The van der Waals surface area contributed by atoms with Crippen LogP contribution in [0.3, 0.4) is 0 Å². The van der Waals surface area contributed by atoms with Crippen LogP contribution in [0.2, 0.25) is 0 Å². The second-order valence-electron chi connectivity index (χ2n) is 5.48. The number of nitrogens with zero attached hydrogens (tertiary/aromatic N) is 2. The van der Waals surface area contributed by atoms with Crippen molar-refractivity contribution < 1.29 is 8.42 Å². The zero-order chi connectivity index (χ0) is 13.2. The van der Waals surface area contributed by atoms with E-state index in [-0.39, 0.29) is 12.1 Å². The Morgan fingerprint density at radius 3 is 2.50 bits per heavy atom. The molecule has 106 valence electrons. The first kappa shape index (κ1) is 14.2. The van der Waals surface area contributed by atoms with Crippen molar-refractivity contribution in [2.75, 3.05) is 26.7 Å². The number of piperazine rings is 1. The average Bonchev–Trinajstić information content (AvgIpc) is 2.39. The molecule has 2 aliphatic rings. The van der Waals surface area contributed by atoms with E-state index in [2.05, 4.69) is 5.32 Å². The predicted octanol–water partition coefficient (Wildman–Crippen LogP) is 0.789. The molecule has 1 N–H and O–H groups in total. The molecular formula is C12H25N3O2S. The van der Waals surface area contributed by atoms with Crippen LogP contribution in [0, 0.1) is 0 Å². The summed E-state index contributed by atoms with van der Waals surface area (Å²) in [7, 11) is -1.53. The third kappa shape index (κ3) is 2.87. The van der Waals surface area contributed by atoms with Crippen LogP contribution in [0.25, 0.3) is 0 Å². The molecule has 1 atom stereocenters. The van der Waals surface area contributed by atoms with E-state index < -0.39 is 10.2 Å². The maximum absolute atomic E-state index is 12.6. The molecule has 1 aliphatic carbocycles. The lowest BCUT2D eigenvalue weighted by atomic mass is 9.96. The Kier molecular flexibility index (Phi) is 4.64. The van der Waals surface area contributed by atoms with Gasteiger partial charge in [0.15, 0.2) is 0 Å². The van der Waals surface area contributed by atoms with Gasteiger partial charge >= 0.3 is 0 Å². The molecule has 18 heavy (non-hydrogen) atoms. The summed E-state index contributed by atoms with van der Waals surface area (Å²) in [4.78, 5) is 0. The SMILES string of the molecule is CC1CNCCN1S(=O)(=O)N(C)C1CCCCC1. The van der Waals surface area contributed by atoms with E-state index in [0.717, 1.165) is 38.8 Å². The van der Waals surface area contributed by atoms with E-state index in [1.165, 1.54) is 6.42 Å². The summed E-state index contributed by atoms with van der Waals surface area (Å²) in [6.07, 6.45) is 5.57. The minimum atomic E-state index is -3.28. The molecule has 0 aromatic carbocycles. The van der Waals surface area contributed by atoms with E-state index in [9.17, 15) is 8.42 Å². The number of nitrogens with one attached hydrogen (secondary N) is 1. The summed E-state index contributed by atoms with van der Waals surface area (Å²) in [6.45, 7) is 4.05. The fourth-order valence-electron chi connectivity index (χ4n) is 2.96. The van der Waals surface area contributed by atoms with Crippen molar-refractivity contribution >= 4 is 10.2 Å². The average molecular weight is 275 g/mol. The molecular weight excluding hydrogens is 250 g/mol. The second kappa shape index (κ2) is 5.86. The van der Waals surface area contributed by atoms with Gasteiger partial charge in [-0.1, -0.05) is 19.3 Å². The van der Waals surface area contributed by atoms with Gasteiger partial charge in [0.05, 0.1) is 0 Å². The standard InChI is InChI=1S/C12H25N3O2S/c1-11-10-13-8-9-15(11)18(16,17)14(2)12-6-4-3-5-7-12/h11-13H,3-10H2,1-2H3. The number of hydrogen-bond donors (Lipinski definition) is 1. The highest BCUT2D eigenvalue weighted by Crippen LogP contribution is 2.25. The van der Waals surface area contributed by atoms with Crippen LogP contribution < -0.4 is 5.32 Å². The molecule has 0 spiro atoms. The third-order valence-electron chi connectivity index (χ3n) is 4.19. The van der Waals surface area contributed by atoms with Crippen LogP contribution in [0.4, 0.5) is 0 Å². The van der Waals surface area contributed by atoms with Crippen molar-refractivity contribution in [1.29, 1.82) is 0 Å². The maximum Gasteiger partial charge on any atom is 0.282 e. The van der Waals surface area contributed by atoms with Gasteiger partial charge in [0, 0.05) is 38.8 Å². The van der Waals surface area contributed by atoms with E-state index in [1.54, 1.807) is 15.7 Å². The van der Waals surface area contributed by atoms with Crippen molar-refractivity contribution in [1.82, 2.24) is 13.9 Å². The van der Waals surface area contributed by atoms with Crippen molar-refractivity contribution in [2.24, 2.45) is 0 Å². The minimum absolute atomic E-state index is 0.0507. The highest BCUT2D eigenvalue weighted by molar-refractivity contribution is 7.86. The van der Waals surface area contributed by atoms with Gasteiger partial charge in [-0.2, -0.15) is 17.0 Å². The molecule has 5 nitrogen and oxygen atoms in total. The van der Waals surface area contributed by atoms with Gasteiger partial charge in [0.1, 0.15) is 0 Å². The molecule has 1 aliphatic heterocycles. The highest BCUT2D eigenvalue weighted by atomic mass is 32.2. The van der Waals surface area contributed by atoms with Gasteiger partial charge in [-0.25, -0.2) is 0 Å². The van der Waals surface area contributed by atoms with E-state index >= 15 is 0 Å². The summed E-state index contributed by atoms with van der Waals surface area (Å²) < 4.78 is 28.5. The van der Waals surface area contributed by atoms with Crippen molar-refractivity contribution in [2.45, 2.75) is 51.1 Å². The van der Waals surface area contributed by atoms with Crippen LogP contribution in [0.1, 0.15) is 39.0 Å². The van der Waals surface area contributed by atoms with Crippen LogP contribution in [0.5, 0.6) is 0 Å². The zero-order valence-electron chi connectivity index (χ0n) is 11.4. The van der Waals surface area contributed by atoms with E-state index in [1.807, 2.05) is 6.92 Å². The molecule has 1 saturated heterocycles. The monoisotopic (exact) mass is 275 g/mol. The van der Waals surface area contributed by atoms with Crippen molar-refractivity contribution in [3.63, 3.8) is 0 Å². The van der Waals surface area contributed by atoms with Crippen molar-refractivity contribution in [3.05, 3.63) is 0 Å². The quantitative estimate of drug-likeness (QED) is 0.828. The lowest BCUT2D eigenvalue weighted by Crippen LogP contribution is -2.57. The van der Waals surface area contributed by atoms with E-state index in [0.29, 0.717) is 6.54 Å². The van der Waals surface area contributed by atoms with E-state index in [4.69, 9.17) is 0 Å². The Hall–Kier alpha value is -0.170. The lowest BCUT2D eigenvalue weighted by molar-refractivity contribution is 0.230. The first-order valence-electron chi connectivity index (χ1n) is 6.99. The van der Waals surface area contributed by atoms with Gasteiger partial charge in [0.2, 0.25) is 0 Å². The molecule has 6 heteroatoms. The Labute approximate surface area is 111 Å². The summed E-state index contributed by atoms with van der Waals surface area (Å²) >= 11 is 0.